The quantitative estimate of drug-likeness (QED) is 0.633. The number of aryl methyl sites for hydroxylation is 2. The van der Waals surface area contributed by atoms with Crippen LogP contribution >= 0.6 is 0 Å². The second-order valence-electron chi connectivity index (χ2n) is 3.35. The summed E-state index contributed by atoms with van der Waals surface area (Å²) in [5, 5.41) is 0. The topological polar surface area (TPSA) is 30.4 Å². The van der Waals surface area contributed by atoms with Crippen molar-refractivity contribution in [3.63, 3.8) is 0 Å². The Balaban J connectivity index is 1.96. The van der Waals surface area contributed by atoms with Crippen LogP contribution in [0.25, 0.3) is 0 Å². The van der Waals surface area contributed by atoms with Gasteiger partial charge < -0.3 is 9.30 Å². The summed E-state index contributed by atoms with van der Waals surface area (Å²) in [5.74, 6) is 0. The molecule has 3 nitrogen and oxygen atoms in total. The monoisotopic (exact) mass is 166 g/mol. The zero-order valence-corrected chi connectivity index (χ0v) is 7.58. The third-order valence-electron chi connectivity index (χ3n) is 2.44. The van der Waals surface area contributed by atoms with Gasteiger partial charge >= 0.3 is 0 Å². The average molecular weight is 166 g/mol. The lowest BCUT2D eigenvalue weighted by Gasteiger charge is -2.02. The number of aromatic nitrogens is 2. The molecule has 66 valence electrons. The second-order valence-corrected chi connectivity index (χ2v) is 3.35. The third kappa shape index (κ3) is 1.50. The molecule has 0 aromatic carbocycles. The third-order valence-corrected chi connectivity index (χ3v) is 2.44. The average Bonchev–Trinajstić information content (AvgIpc) is 2.82. The van der Waals surface area contributed by atoms with Crippen molar-refractivity contribution in [1.29, 1.82) is 0 Å². The van der Waals surface area contributed by atoms with Crippen molar-refractivity contribution in [3.05, 3.63) is 17.7 Å². The Bertz CT molecular complexity index is 276. The van der Waals surface area contributed by atoms with Crippen LogP contribution in [0.5, 0.6) is 0 Å². The smallest absolute Gasteiger partial charge is 0.0951 e. The minimum atomic E-state index is 0.520. The molecule has 1 unspecified atom stereocenters. The maximum atomic E-state index is 5.14. The maximum absolute atomic E-state index is 5.14. The Morgan fingerprint density at radius 2 is 2.42 bits per heavy atom. The summed E-state index contributed by atoms with van der Waals surface area (Å²) in [6.45, 7) is 6.14. The minimum Gasteiger partial charge on any atom is -0.373 e. The van der Waals surface area contributed by atoms with Gasteiger partial charge in [0.2, 0.25) is 0 Å². The molecule has 1 aromatic rings. The summed E-state index contributed by atoms with van der Waals surface area (Å²) in [6.07, 6.45) is 3.55. The molecule has 2 heterocycles. The number of imidazole rings is 1. The Morgan fingerprint density at radius 3 is 2.92 bits per heavy atom. The molecular formula is C9H14N2O. The molecule has 1 fully saturated rings. The molecule has 1 aliphatic rings. The summed E-state index contributed by atoms with van der Waals surface area (Å²) in [4.78, 5) is 4.24. The second kappa shape index (κ2) is 2.90. The number of epoxide rings is 1. The van der Waals surface area contributed by atoms with Gasteiger partial charge in [0.15, 0.2) is 0 Å². The van der Waals surface area contributed by atoms with Gasteiger partial charge in [-0.25, -0.2) is 4.98 Å². The van der Waals surface area contributed by atoms with E-state index in [0.717, 1.165) is 25.3 Å². The zero-order valence-electron chi connectivity index (χ0n) is 7.58. The van der Waals surface area contributed by atoms with Crippen molar-refractivity contribution in [3.8, 4) is 0 Å². The number of hydrogen-bond acceptors (Lipinski definition) is 2. The van der Waals surface area contributed by atoms with Crippen LogP contribution in [0.3, 0.4) is 0 Å². The standard InChI is InChI=1S/C9H14N2O/c1-7-8(2)11(6-10-7)4-3-9-5-12-9/h6,9H,3-5H2,1-2H3. The van der Waals surface area contributed by atoms with E-state index >= 15 is 0 Å². The van der Waals surface area contributed by atoms with Crippen LogP contribution in [-0.2, 0) is 11.3 Å². The maximum Gasteiger partial charge on any atom is 0.0951 e. The van der Waals surface area contributed by atoms with E-state index in [1.807, 2.05) is 13.3 Å². The Hall–Kier alpha value is -0.830. The molecule has 1 aliphatic heterocycles. The van der Waals surface area contributed by atoms with Gasteiger partial charge in [-0.3, -0.25) is 0 Å². The molecule has 0 N–H and O–H groups in total. The molecule has 3 heteroatoms. The van der Waals surface area contributed by atoms with E-state index in [1.54, 1.807) is 0 Å². The summed E-state index contributed by atoms with van der Waals surface area (Å²) in [7, 11) is 0. The first-order valence-electron chi connectivity index (χ1n) is 4.37. The predicted octanol–water partition coefficient (Wildman–Crippen LogP) is 1.29. The highest BCUT2D eigenvalue weighted by atomic mass is 16.6. The van der Waals surface area contributed by atoms with Crippen LogP contribution in [0.15, 0.2) is 6.33 Å². The van der Waals surface area contributed by atoms with Gasteiger partial charge in [-0.2, -0.15) is 0 Å². The molecule has 0 radical (unpaired) electrons. The van der Waals surface area contributed by atoms with Gasteiger partial charge in [-0.1, -0.05) is 0 Å². The highest BCUT2D eigenvalue weighted by molar-refractivity contribution is 5.08. The molecular weight excluding hydrogens is 152 g/mol. The van der Waals surface area contributed by atoms with Gasteiger partial charge in [0, 0.05) is 12.2 Å². The van der Waals surface area contributed by atoms with Gasteiger partial charge in [0.25, 0.3) is 0 Å². The van der Waals surface area contributed by atoms with Gasteiger partial charge in [0.05, 0.1) is 24.7 Å². The first-order chi connectivity index (χ1) is 5.77. The summed E-state index contributed by atoms with van der Waals surface area (Å²) >= 11 is 0. The van der Waals surface area contributed by atoms with Gasteiger partial charge in [-0.05, 0) is 20.3 Å². The van der Waals surface area contributed by atoms with E-state index in [-0.39, 0.29) is 0 Å². The molecule has 0 spiro atoms. The van der Waals surface area contributed by atoms with Crippen molar-refractivity contribution >= 4 is 0 Å². The normalized spacial score (nSPS) is 21.3. The first kappa shape index (κ1) is 7.80. The minimum absolute atomic E-state index is 0.520. The Morgan fingerprint density at radius 1 is 1.67 bits per heavy atom. The molecule has 0 aliphatic carbocycles. The van der Waals surface area contributed by atoms with Crippen LogP contribution < -0.4 is 0 Å². The van der Waals surface area contributed by atoms with E-state index in [0.29, 0.717) is 6.10 Å². The van der Waals surface area contributed by atoms with E-state index in [9.17, 15) is 0 Å². The number of hydrogen-bond donors (Lipinski definition) is 0. The zero-order chi connectivity index (χ0) is 8.55. The van der Waals surface area contributed by atoms with E-state index in [2.05, 4.69) is 16.5 Å². The Labute approximate surface area is 72.4 Å². The van der Waals surface area contributed by atoms with Gasteiger partial charge in [-0.15, -0.1) is 0 Å². The highest BCUT2D eigenvalue weighted by Gasteiger charge is 2.21. The fraction of sp³-hybridized carbons (Fsp3) is 0.667. The van der Waals surface area contributed by atoms with Crippen molar-refractivity contribution in [2.45, 2.75) is 32.9 Å². The summed E-state index contributed by atoms with van der Waals surface area (Å²) in [6, 6.07) is 0. The van der Waals surface area contributed by atoms with Gasteiger partial charge in [0.1, 0.15) is 0 Å². The number of ether oxygens (including phenoxy) is 1. The van der Waals surface area contributed by atoms with E-state index < -0.39 is 0 Å². The van der Waals surface area contributed by atoms with Crippen molar-refractivity contribution < 1.29 is 4.74 Å². The molecule has 1 saturated heterocycles. The summed E-state index contributed by atoms with van der Waals surface area (Å²) < 4.78 is 7.33. The van der Waals surface area contributed by atoms with Crippen molar-refractivity contribution in [2.24, 2.45) is 0 Å². The SMILES string of the molecule is Cc1ncn(CCC2CO2)c1C. The first-order valence-corrected chi connectivity index (χ1v) is 4.37. The predicted molar refractivity (Wildman–Crippen MR) is 46.1 cm³/mol. The fourth-order valence-corrected chi connectivity index (χ4v) is 1.29. The molecule has 0 bridgehead atoms. The Kier molecular flexibility index (Phi) is 1.89. The highest BCUT2D eigenvalue weighted by Crippen LogP contribution is 2.15. The largest absolute Gasteiger partial charge is 0.373 e. The van der Waals surface area contributed by atoms with Crippen molar-refractivity contribution in [2.75, 3.05) is 6.61 Å². The van der Waals surface area contributed by atoms with E-state index in [1.165, 1.54) is 5.69 Å². The number of nitrogens with zero attached hydrogens (tertiary/aromatic N) is 2. The van der Waals surface area contributed by atoms with Crippen LogP contribution in [0, 0.1) is 13.8 Å². The molecule has 1 aromatic heterocycles. The van der Waals surface area contributed by atoms with E-state index in [4.69, 9.17) is 4.74 Å². The lowest BCUT2D eigenvalue weighted by atomic mass is 10.3. The fourth-order valence-electron chi connectivity index (χ4n) is 1.29. The molecule has 0 saturated carbocycles. The number of rotatable bonds is 3. The molecule has 1 atom stereocenters. The summed E-state index contributed by atoms with van der Waals surface area (Å²) in [5.41, 5.74) is 2.40. The van der Waals surface area contributed by atoms with Crippen LogP contribution in [0.1, 0.15) is 17.8 Å². The lowest BCUT2D eigenvalue weighted by molar-refractivity contribution is 0.384. The van der Waals surface area contributed by atoms with Crippen LogP contribution in [0.4, 0.5) is 0 Å². The lowest BCUT2D eigenvalue weighted by Crippen LogP contribution is -2.01. The molecule has 2 rings (SSSR count). The van der Waals surface area contributed by atoms with Crippen LogP contribution in [0.2, 0.25) is 0 Å². The molecule has 0 amide bonds. The van der Waals surface area contributed by atoms with Crippen LogP contribution in [-0.4, -0.2) is 22.3 Å². The molecule has 12 heavy (non-hydrogen) atoms. The van der Waals surface area contributed by atoms with Crippen molar-refractivity contribution in [1.82, 2.24) is 9.55 Å².